The van der Waals surface area contributed by atoms with Gasteiger partial charge in [-0.15, -0.1) is 0 Å². The standard InChI is InChI=1S/C29H31FN4O5/c1-4-29-15-34(13-19(29)14-37-16-29)28(35)20-6-5-18(9-17(20)2)23-11-26(39-33-23)27-21-10-22(30)25(38-8-7-36-3)12-24(21)31-32-27/h5-6,9-12,19H,4,7-8,13-16H2,1-3H3,(H,31,32)/t19?,29-/m1/s1. The van der Waals surface area contributed by atoms with Gasteiger partial charge in [-0.25, -0.2) is 4.39 Å². The van der Waals surface area contributed by atoms with Gasteiger partial charge in [0.2, 0.25) is 0 Å². The van der Waals surface area contributed by atoms with E-state index in [0.717, 1.165) is 43.9 Å². The Bertz CT molecular complexity index is 1530. The monoisotopic (exact) mass is 534 g/mol. The van der Waals surface area contributed by atoms with E-state index in [1.54, 1.807) is 19.2 Å². The number of amides is 1. The summed E-state index contributed by atoms with van der Waals surface area (Å²) in [6.45, 7) is 7.64. The smallest absolute Gasteiger partial charge is 0.254 e. The zero-order chi connectivity index (χ0) is 27.1. The normalized spacial score (nSPS) is 20.6. The molecule has 2 aromatic carbocycles. The second-order valence-corrected chi connectivity index (χ2v) is 10.5. The number of hydrogen-bond donors (Lipinski definition) is 1. The molecule has 6 rings (SSSR count). The van der Waals surface area contributed by atoms with Crippen LogP contribution in [0, 0.1) is 24.1 Å². The van der Waals surface area contributed by atoms with Crippen LogP contribution in [0.5, 0.6) is 5.75 Å². The number of aromatic amines is 1. The van der Waals surface area contributed by atoms with E-state index < -0.39 is 5.82 Å². The lowest BCUT2D eigenvalue weighted by Crippen LogP contribution is -2.33. The molecule has 2 fully saturated rings. The molecule has 2 aromatic heterocycles. The molecule has 4 heterocycles. The molecule has 0 radical (unpaired) electrons. The summed E-state index contributed by atoms with van der Waals surface area (Å²) in [7, 11) is 1.56. The minimum Gasteiger partial charge on any atom is -0.488 e. The van der Waals surface area contributed by atoms with Crippen LogP contribution >= 0.6 is 0 Å². The number of benzene rings is 2. The van der Waals surface area contributed by atoms with E-state index in [1.165, 1.54) is 6.07 Å². The molecule has 9 nitrogen and oxygen atoms in total. The summed E-state index contributed by atoms with van der Waals surface area (Å²) in [5.41, 5.74) is 4.11. The predicted octanol–water partition coefficient (Wildman–Crippen LogP) is 4.86. The van der Waals surface area contributed by atoms with Gasteiger partial charge in [0.05, 0.1) is 25.3 Å². The van der Waals surface area contributed by atoms with Crippen molar-refractivity contribution >= 4 is 16.8 Å². The van der Waals surface area contributed by atoms with Crippen LogP contribution in [0.4, 0.5) is 4.39 Å². The van der Waals surface area contributed by atoms with Crippen molar-refractivity contribution in [3.05, 3.63) is 53.3 Å². The maximum absolute atomic E-state index is 14.7. The van der Waals surface area contributed by atoms with Gasteiger partial charge in [-0.3, -0.25) is 9.89 Å². The molecule has 2 aliphatic rings. The largest absolute Gasteiger partial charge is 0.488 e. The number of aryl methyl sites for hydroxylation is 1. The number of nitrogens with one attached hydrogen (secondary N) is 1. The summed E-state index contributed by atoms with van der Waals surface area (Å²) in [5, 5.41) is 12.0. The van der Waals surface area contributed by atoms with Gasteiger partial charge in [0.15, 0.2) is 17.3 Å². The Balaban J connectivity index is 1.21. The molecule has 10 heteroatoms. The number of rotatable bonds is 8. The highest BCUT2D eigenvalue weighted by atomic mass is 19.1. The highest BCUT2D eigenvalue weighted by molar-refractivity contribution is 5.97. The van der Waals surface area contributed by atoms with Gasteiger partial charge >= 0.3 is 0 Å². The van der Waals surface area contributed by atoms with Crippen LogP contribution < -0.4 is 4.74 Å². The lowest BCUT2D eigenvalue weighted by atomic mass is 9.79. The SMILES string of the molecule is CC[C@@]12COCC1CN(C(=O)c1ccc(-c3cc(-c4n[nH]c5cc(OCCOC)c(F)cc45)on3)cc1C)C2. The van der Waals surface area contributed by atoms with Crippen LogP contribution in [-0.4, -0.2) is 72.8 Å². The molecule has 1 N–H and O–H groups in total. The van der Waals surface area contributed by atoms with E-state index in [9.17, 15) is 9.18 Å². The highest BCUT2D eigenvalue weighted by Crippen LogP contribution is 2.44. The number of hydrogen-bond acceptors (Lipinski definition) is 7. The number of H-pyrrole nitrogens is 1. The summed E-state index contributed by atoms with van der Waals surface area (Å²) >= 11 is 0. The third-order valence-electron chi connectivity index (χ3n) is 8.17. The van der Waals surface area contributed by atoms with E-state index in [2.05, 4.69) is 22.3 Å². The lowest BCUT2D eigenvalue weighted by molar-refractivity contribution is 0.0716. The third-order valence-corrected chi connectivity index (χ3v) is 8.17. The van der Waals surface area contributed by atoms with Gasteiger partial charge in [-0.1, -0.05) is 18.1 Å². The van der Waals surface area contributed by atoms with Crippen LogP contribution in [0.25, 0.3) is 33.6 Å². The number of fused-ring (bicyclic) bond motifs is 2. The molecule has 4 aromatic rings. The number of methoxy groups -OCH3 is 1. The number of likely N-dealkylation sites (tertiary alicyclic amines) is 1. The van der Waals surface area contributed by atoms with Gasteiger partial charge in [0, 0.05) is 60.2 Å². The molecular weight excluding hydrogens is 503 g/mol. The van der Waals surface area contributed by atoms with Crippen LogP contribution in [0.3, 0.4) is 0 Å². The minimum atomic E-state index is -0.504. The Morgan fingerprint density at radius 1 is 1.26 bits per heavy atom. The maximum Gasteiger partial charge on any atom is 0.254 e. The fraction of sp³-hybridized carbons (Fsp3) is 0.414. The third kappa shape index (κ3) is 4.47. The molecular formula is C29H31FN4O5. The van der Waals surface area contributed by atoms with Crippen molar-refractivity contribution in [2.24, 2.45) is 11.3 Å². The van der Waals surface area contributed by atoms with Crippen molar-refractivity contribution in [3.8, 4) is 28.5 Å². The summed E-state index contributed by atoms with van der Waals surface area (Å²) in [4.78, 5) is 15.4. The molecule has 0 saturated carbocycles. The highest BCUT2D eigenvalue weighted by Gasteiger charge is 2.50. The number of halogens is 1. The molecule has 2 aliphatic heterocycles. The number of ether oxygens (including phenoxy) is 3. The fourth-order valence-electron chi connectivity index (χ4n) is 5.80. The van der Waals surface area contributed by atoms with E-state index >= 15 is 0 Å². The van der Waals surface area contributed by atoms with Gasteiger partial charge in [0.25, 0.3) is 5.91 Å². The van der Waals surface area contributed by atoms with E-state index in [0.29, 0.717) is 46.1 Å². The van der Waals surface area contributed by atoms with E-state index in [4.69, 9.17) is 18.7 Å². The second-order valence-electron chi connectivity index (χ2n) is 10.5. The molecule has 0 spiro atoms. The Hall–Kier alpha value is -3.76. The first-order valence-corrected chi connectivity index (χ1v) is 13.2. The maximum atomic E-state index is 14.7. The molecule has 0 aliphatic carbocycles. The van der Waals surface area contributed by atoms with E-state index in [1.807, 2.05) is 30.0 Å². The average molecular weight is 535 g/mol. The number of carbonyl (C=O) groups is 1. The quantitative estimate of drug-likeness (QED) is 0.322. The van der Waals surface area contributed by atoms with Crippen molar-refractivity contribution in [2.75, 3.05) is 46.6 Å². The molecule has 0 bridgehead atoms. The van der Waals surface area contributed by atoms with Crippen molar-refractivity contribution in [1.82, 2.24) is 20.3 Å². The second kappa shape index (κ2) is 10.1. The summed E-state index contributed by atoms with van der Waals surface area (Å²) in [6, 6.07) is 10.4. The molecule has 2 atom stereocenters. The zero-order valence-electron chi connectivity index (χ0n) is 22.3. The first-order chi connectivity index (χ1) is 18.9. The summed E-state index contributed by atoms with van der Waals surface area (Å²) in [6.07, 6.45) is 1.01. The minimum absolute atomic E-state index is 0.0534. The first kappa shape index (κ1) is 25.5. The Morgan fingerprint density at radius 2 is 2.13 bits per heavy atom. The zero-order valence-corrected chi connectivity index (χ0v) is 22.3. The first-order valence-electron chi connectivity index (χ1n) is 13.2. The molecule has 2 saturated heterocycles. The van der Waals surface area contributed by atoms with Crippen molar-refractivity contribution in [2.45, 2.75) is 20.3 Å². The summed E-state index contributed by atoms with van der Waals surface area (Å²) in [5.74, 6) is 0.472. The van der Waals surface area contributed by atoms with Crippen LogP contribution in [0.1, 0.15) is 29.3 Å². The van der Waals surface area contributed by atoms with Crippen molar-refractivity contribution in [3.63, 3.8) is 0 Å². The van der Waals surface area contributed by atoms with Gasteiger partial charge in [-0.05, 0) is 37.1 Å². The summed E-state index contributed by atoms with van der Waals surface area (Å²) < 4.78 is 36.4. The number of nitrogens with zero attached hydrogens (tertiary/aromatic N) is 3. The molecule has 39 heavy (non-hydrogen) atoms. The number of carbonyl (C=O) groups excluding carboxylic acids is 1. The van der Waals surface area contributed by atoms with Gasteiger partial charge < -0.3 is 23.6 Å². The van der Waals surface area contributed by atoms with Gasteiger partial charge in [0.1, 0.15) is 18.0 Å². The Morgan fingerprint density at radius 3 is 2.90 bits per heavy atom. The Labute approximate surface area is 225 Å². The van der Waals surface area contributed by atoms with Gasteiger partial charge in [-0.2, -0.15) is 5.10 Å². The van der Waals surface area contributed by atoms with Crippen molar-refractivity contribution < 1.29 is 27.9 Å². The molecule has 204 valence electrons. The molecule has 1 unspecified atom stereocenters. The Kier molecular flexibility index (Phi) is 6.60. The van der Waals surface area contributed by atoms with Crippen LogP contribution in [-0.2, 0) is 9.47 Å². The average Bonchev–Trinajstić information content (AvgIpc) is 3.71. The number of aromatic nitrogens is 3. The topological polar surface area (TPSA) is 103 Å². The fourth-order valence-corrected chi connectivity index (χ4v) is 5.80. The predicted molar refractivity (Wildman–Crippen MR) is 142 cm³/mol. The van der Waals surface area contributed by atoms with Crippen LogP contribution in [0.15, 0.2) is 40.9 Å². The lowest BCUT2D eigenvalue weighted by Gasteiger charge is -2.25. The van der Waals surface area contributed by atoms with Crippen LogP contribution in [0.2, 0.25) is 0 Å². The van der Waals surface area contributed by atoms with E-state index in [-0.39, 0.29) is 23.7 Å². The molecule has 1 amide bonds. The van der Waals surface area contributed by atoms with Crippen molar-refractivity contribution in [1.29, 1.82) is 0 Å².